The summed E-state index contributed by atoms with van der Waals surface area (Å²) in [6.45, 7) is 2.31. The first-order valence-electron chi connectivity index (χ1n) is 14.6. The van der Waals surface area contributed by atoms with Crippen molar-refractivity contribution in [2.45, 2.75) is 69.8 Å². The lowest BCUT2D eigenvalue weighted by Crippen LogP contribution is -2.50. The van der Waals surface area contributed by atoms with Crippen LogP contribution in [-0.2, 0) is 20.9 Å². The molecule has 15 nitrogen and oxygen atoms in total. The second-order valence-electron chi connectivity index (χ2n) is 10.5. The Bertz CT molecular complexity index is 1670. The minimum atomic E-state index is -5.08. The highest BCUT2D eigenvalue weighted by Gasteiger charge is 2.39. The van der Waals surface area contributed by atoms with Gasteiger partial charge >= 0.3 is 36.4 Å². The Balaban J connectivity index is 0.000000545. The van der Waals surface area contributed by atoms with Gasteiger partial charge in [-0.25, -0.2) is 24.4 Å². The predicted octanol–water partition coefficient (Wildman–Crippen LogP) is 4.37. The molecule has 0 radical (unpaired) electrons. The van der Waals surface area contributed by atoms with E-state index in [-0.39, 0.29) is 29.8 Å². The Labute approximate surface area is 292 Å². The van der Waals surface area contributed by atoms with E-state index in [4.69, 9.17) is 40.8 Å². The number of hydrogen-bond donors (Lipinski definition) is 8. The van der Waals surface area contributed by atoms with E-state index in [0.29, 0.717) is 17.9 Å². The lowest BCUT2D eigenvalue weighted by Gasteiger charge is -2.33. The number of carbonyl (C=O) groups is 4. The third kappa shape index (κ3) is 16.7. The summed E-state index contributed by atoms with van der Waals surface area (Å²) in [6.07, 6.45) is -9.57. The number of aromatic nitrogens is 3. The van der Waals surface area contributed by atoms with Gasteiger partial charge in [0.1, 0.15) is 5.82 Å². The molecule has 1 aromatic carbocycles. The fraction of sp³-hybridized carbons (Fsp3) is 0.379. The number of fused-ring (bicyclic) bond motifs is 1. The number of alkyl halides is 9. The van der Waals surface area contributed by atoms with E-state index in [1.807, 2.05) is 43.3 Å². The maximum Gasteiger partial charge on any atom is 0.490 e. The van der Waals surface area contributed by atoms with Crippen LogP contribution in [0.4, 0.5) is 45.3 Å². The summed E-state index contributed by atoms with van der Waals surface area (Å²) in [5.74, 6) is -7.95. The zero-order valence-electron chi connectivity index (χ0n) is 27.0. The molecule has 1 fully saturated rings. The molecule has 1 aliphatic rings. The predicted molar refractivity (Wildman–Crippen MR) is 165 cm³/mol. The molecule has 1 aliphatic carbocycles. The second kappa shape index (κ2) is 19.6. The summed E-state index contributed by atoms with van der Waals surface area (Å²) in [6, 6.07) is 11.5. The molecule has 292 valence electrons. The molecule has 1 saturated carbocycles. The molecule has 3 aromatic rings. The highest BCUT2D eigenvalue weighted by atomic mass is 19.4. The standard InChI is InChI=1S/C23H28N8O.3C2HF3O2/c1-14-9-10-17-16(12-14)20(29-18-7-2-3-8-19(18)30-23(24)25)31-21(28-17)22(32)27-13-15-6-4-5-11-26-15;3*3-2(4,5)1(6)7/h4-6,9-12,18-19H,2-3,7-8,13H2,1H3,(H,27,32)(H4,24,25,30)(H,28,29,31);3*(H,6,7). The van der Waals surface area contributed by atoms with Gasteiger partial charge in [-0.2, -0.15) is 39.5 Å². The maximum absolute atomic E-state index is 12.8. The quantitative estimate of drug-likeness (QED) is 0.0985. The third-order valence-corrected chi connectivity index (χ3v) is 6.37. The Hall–Kier alpha value is -5.97. The zero-order valence-corrected chi connectivity index (χ0v) is 27.0. The molecule has 0 spiro atoms. The van der Waals surface area contributed by atoms with Crippen molar-refractivity contribution in [3.63, 3.8) is 0 Å². The molecule has 2 unspecified atom stereocenters. The van der Waals surface area contributed by atoms with Crippen molar-refractivity contribution in [2.24, 2.45) is 5.73 Å². The lowest BCUT2D eigenvalue weighted by molar-refractivity contribution is -0.193. The summed E-state index contributed by atoms with van der Waals surface area (Å²) in [7, 11) is 0. The average molecular weight is 775 g/mol. The molecule has 1 amide bonds. The summed E-state index contributed by atoms with van der Waals surface area (Å²) in [4.78, 5) is 52.8. The SMILES string of the molecule is Cc1ccc2nc(C(=O)NCc3ccccn3)nc(NC3CCCCC3NC(=N)N)c2c1.O=C(O)C(F)(F)F.O=C(O)C(F)(F)F.O=C(O)C(F)(F)F. The molecule has 4 rings (SSSR count). The number of halogens is 9. The summed E-state index contributed by atoms with van der Waals surface area (Å²) >= 11 is 0. The molecule has 0 bridgehead atoms. The number of carboxylic acids is 3. The fourth-order valence-electron chi connectivity index (χ4n) is 4.06. The van der Waals surface area contributed by atoms with Crippen LogP contribution in [0, 0.1) is 12.3 Å². The number of nitrogens with one attached hydrogen (secondary N) is 4. The van der Waals surface area contributed by atoms with E-state index in [9.17, 15) is 44.3 Å². The first-order valence-corrected chi connectivity index (χ1v) is 14.6. The second-order valence-corrected chi connectivity index (χ2v) is 10.5. The monoisotopic (exact) mass is 774 g/mol. The van der Waals surface area contributed by atoms with Gasteiger partial charge in [0.25, 0.3) is 5.91 Å². The number of guanidine groups is 1. The topological polar surface area (TPSA) is 254 Å². The van der Waals surface area contributed by atoms with Gasteiger partial charge in [-0.1, -0.05) is 30.5 Å². The number of aryl methyl sites for hydroxylation is 1. The van der Waals surface area contributed by atoms with Crippen LogP contribution < -0.4 is 21.7 Å². The minimum absolute atomic E-state index is 0.0255. The van der Waals surface area contributed by atoms with Crippen LogP contribution in [0.1, 0.15) is 47.6 Å². The van der Waals surface area contributed by atoms with Crippen molar-refractivity contribution in [1.29, 1.82) is 5.41 Å². The molecule has 2 heterocycles. The van der Waals surface area contributed by atoms with Crippen LogP contribution in [0.5, 0.6) is 0 Å². The number of benzene rings is 1. The highest BCUT2D eigenvalue weighted by molar-refractivity contribution is 5.96. The molecule has 2 aromatic heterocycles. The van der Waals surface area contributed by atoms with Gasteiger partial charge in [0.15, 0.2) is 5.96 Å². The molecule has 2 atom stereocenters. The number of nitrogens with zero attached hydrogens (tertiary/aromatic N) is 3. The number of nitrogens with two attached hydrogens (primary N) is 1. The fourth-order valence-corrected chi connectivity index (χ4v) is 4.06. The van der Waals surface area contributed by atoms with E-state index in [1.165, 1.54) is 0 Å². The lowest BCUT2D eigenvalue weighted by atomic mass is 9.90. The zero-order chi connectivity index (χ0) is 40.7. The van der Waals surface area contributed by atoms with E-state index in [2.05, 4.69) is 30.9 Å². The van der Waals surface area contributed by atoms with Crippen molar-refractivity contribution >= 4 is 46.5 Å². The Morgan fingerprint density at radius 3 is 1.79 bits per heavy atom. The number of aliphatic carboxylic acids is 3. The normalized spacial score (nSPS) is 15.4. The average Bonchev–Trinajstić information content (AvgIpc) is 3.04. The van der Waals surface area contributed by atoms with E-state index < -0.39 is 36.4 Å². The van der Waals surface area contributed by atoms with Crippen molar-refractivity contribution in [3.05, 3.63) is 59.7 Å². The smallest absolute Gasteiger partial charge is 0.475 e. The van der Waals surface area contributed by atoms with Gasteiger partial charge in [0.2, 0.25) is 5.82 Å². The van der Waals surface area contributed by atoms with Crippen molar-refractivity contribution < 1.29 is 74.0 Å². The summed E-state index contributed by atoms with van der Waals surface area (Å²) in [5.41, 5.74) is 8.13. The van der Waals surface area contributed by atoms with Gasteiger partial charge < -0.3 is 37.0 Å². The molecule has 9 N–H and O–H groups in total. The Morgan fingerprint density at radius 2 is 1.34 bits per heavy atom. The van der Waals surface area contributed by atoms with E-state index >= 15 is 0 Å². The van der Waals surface area contributed by atoms with Gasteiger partial charge in [0, 0.05) is 23.7 Å². The molecule has 0 aliphatic heterocycles. The van der Waals surface area contributed by atoms with Gasteiger partial charge in [0.05, 0.1) is 17.8 Å². The Morgan fingerprint density at radius 1 is 0.830 bits per heavy atom. The van der Waals surface area contributed by atoms with Crippen LogP contribution in [0.15, 0.2) is 42.6 Å². The summed E-state index contributed by atoms with van der Waals surface area (Å²) < 4.78 is 95.2. The van der Waals surface area contributed by atoms with Crippen molar-refractivity contribution in [1.82, 2.24) is 25.6 Å². The third-order valence-electron chi connectivity index (χ3n) is 6.37. The first-order chi connectivity index (χ1) is 24.3. The number of carbonyl (C=O) groups excluding carboxylic acids is 1. The van der Waals surface area contributed by atoms with Gasteiger partial charge in [-0.15, -0.1) is 0 Å². The van der Waals surface area contributed by atoms with Crippen molar-refractivity contribution in [2.75, 3.05) is 5.32 Å². The number of hydrogen-bond acceptors (Lipinski definition) is 9. The number of rotatable bonds is 6. The van der Waals surface area contributed by atoms with E-state index in [0.717, 1.165) is 42.3 Å². The van der Waals surface area contributed by atoms with Crippen molar-refractivity contribution in [3.8, 4) is 0 Å². The van der Waals surface area contributed by atoms with Crippen LogP contribution in [0.3, 0.4) is 0 Å². The number of amides is 1. The highest BCUT2D eigenvalue weighted by Crippen LogP contribution is 2.27. The maximum atomic E-state index is 12.8. The molecular weight excluding hydrogens is 743 g/mol. The van der Waals surface area contributed by atoms with E-state index in [1.54, 1.807) is 6.20 Å². The molecule has 0 saturated heterocycles. The van der Waals surface area contributed by atoms with Crippen LogP contribution in [-0.4, -0.2) is 90.7 Å². The Kier molecular flexibility index (Phi) is 16.6. The number of anilines is 1. The molecule has 24 heteroatoms. The number of carboxylic acid groups (broad SMARTS) is 3. The largest absolute Gasteiger partial charge is 0.490 e. The van der Waals surface area contributed by atoms with Crippen LogP contribution in [0.25, 0.3) is 10.9 Å². The number of pyridine rings is 1. The van der Waals surface area contributed by atoms with Crippen LogP contribution in [0.2, 0.25) is 0 Å². The van der Waals surface area contributed by atoms with Gasteiger partial charge in [-0.05, 0) is 44.0 Å². The van der Waals surface area contributed by atoms with Gasteiger partial charge in [-0.3, -0.25) is 15.2 Å². The van der Waals surface area contributed by atoms with Crippen LogP contribution >= 0.6 is 0 Å². The summed E-state index contributed by atoms with van der Waals surface area (Å²) in [5, 5.41) is 39.3. The molecule has 53 heavy (non-hydrogen) atoms. The minimum Gasteiger partial charge on any atom is -0.475 e. The first kappa shape index (κ1) is 45.1. The molecular formula is C29H31F9N8O7.